The summed E-state index contributed by atoms with van der Waals surface area (Å²) in [5.41, 5.74) is 0.955. The van der Waals surface area contributed by atoms with E-state index in [9.17, 15) is 9.59 Å². The highest BCUT2D eigenvalue weighted by atomic mass is 16.5. The van der Waals surface area contributed by atoms with Crippen LogP contribution in [-0.4, -0.2) is 25.5 Å². The summed E-state index contributed by atoms with van der Waals surface area (Å²) in [5, 5.41) is 0. The molecule has 0 saturated heterocycles. The Hall–Kier alpha value is -1.84. The number of ether oxygens (including phenoxy) is 2. The molecule has 1 heterocycles. The first-order valence-electron chi connectivity index (χ1n) is 5.05. The topological polar surface area (TPSA) is 52.6 Å². The third-order valence-electron chi connectivity index (χ3n) is 2.64. The fourth-order valence-corrected chi connectivity index (χ4v) is 1.76. The van der Waals surface area contributed by atoms with Crippen LogP contribution in [0.15, 0.2) is 24.3 Å². The molecule has 84 valence electrons. The van der Waals surface area contributed by atoms with Gasteiger partial charge in [-0.3, -0.25) is 4.79 Å². The molecule has 1 aromatic rings. The maximum absolute atomic E-state index is 11.6. The molecule has 4 nitrogen and oxygen atoms in total. The van der Waals surface area contributed by atoms with Crippen molar-refractivity contribution in [1.29, 1.82) is 0 Å². The molecule has 1 unspecified atom stereocenters. The van der Waals surface area contributed by atoms with Crippen molar-refractivity contribution in [1.82, 2.24) is 0 Å². The number of fused-ring (bicyclic) bond motifs is 1. The zero-order valence-electron chi connectivity index (χ0n) is 8.93. The number of para-hydroxylation sites is 1. The van der Waals surface area contributed by atoms with Gasteiger partial charge in [0, 0.05) is 0 Å². The molecule has 1 aliphatic rings. The predicted molar refractivity (Wildman–Crippen MR) is 56.2 cm³/mol. The van der Waals surface area contributed by atoms with E-state index in [0.29, 0.717) is 6.42 Å². The molecule has 1 atom stereocenters. The monoisotopic (exact) mass is 220 g/mol. The third kappa shape index (κ3) is 1.91. The second kappa shape index (κ2) is 4.35. The van der Waals surface area contributed by atoms with E-state index >= 15 is 0 Å². The molecule has 0 aromatic heterocycles. The van der Waals surface area contributed by atoms with Crippen LogP contribution in [0.3, 0.4) is 0 Å². The Labute approximate surface area is 93.2 Å². The van der Waals surface area contributed by atoms with E-state index in [1.165, 1.54) is 7.11 Å². The Bertz CT molecular complexity index is 425. The minimum Gasteiger partial charge on any atom is -0.493 e. The molecule has 0 N–H and O–H groups in total. The van der Waals surface area contributed by atoms with Crippen molar-refractivity contribution in [2.75, 3.05) is 13.7 Å². The summed E-state index contributed by atoms with van der Waals surface area (Å²) >= 11 is 0. The number of carbonyl (C=O) groups excluding carboxylic acids is 2. The van der Waals surface area contributed by atoms with Gasteiger partial charge in [0.1, 0.15) is 5.75 Å². The molecule has 0 spiro atoms. The third-order valence-corrected chi connectivity index (χ3v) is 2.64. The minimum absolute atomic E-state index is 0.241. The molecule has 0 radical (unpaired) electrons. The number of rotatable bonds is 2. The zero-order valence-corrected chi connectivity index (χ0v) is 8.93. The molecule has 0 amide bonds. The predicted octanol–water partition coefficient (Wildman–Crippen LogP) is 0.980. The number of benzene rings is 1. The van der Waals surface area contributed by atoms with Gasteiger partial charge in [0.05, 0.1) is 19.6 Å². The van der Waals surface area contributed by atoms with E-state index in [0.717, 1.165) is 11.3 Å². The number of esters is 1. The normalized spacial score (nSPS) is 18.2. The SMILES string of the molecule is COC(=O)C(=O)C1COc2ccccc2C1. The van der Waals surface area contributed by atoms with Gasteiger partial charge in [-0.1, -0.05) is 18.2 Å². The smallest absolute Gasteiger partial charge is 0.374 e. The zero-order chi connectivity index (χ0) is 11.5. The van der Waals surface area contributed by atoms with E-state index in [1.54, 1.807) is 0 Å². The van der Waals surface area contributed by atoms with Gasteiger partial charge >= 0.3 is 5.97 Å². The van der Waals surface area contributed by atoms with Crippen LogP contribution in [0.1, 0.15) is 5.56 Å². The Morgan fingerprint density at radius 3 is 2.88 bits per heavy atom. The Balaban J connectivity index is 2.14. The van der Waals surface area contributed by atoms with Gasteiger partial charge in [-0.05, 0) is 18.1 Å². The lowest BCUT2D eigenvalue weighted by Crippen LogP contribution is -2.33. The van der Waals surface area contributed by atoms with Crippen LogP contribution in [0.25, 0.3) is 0 Å². The number of methoxy groups -OCH3 is 1. The highest BCUT2D eigenvalue weighted by Crippen LogP contribution is 2.27. The molecule has 0 bridgehead atoms. The molecule has 1 aromatic carbocycles. The quantitative estimate of drug-likeness (QED) is 0.550. The lowest BCUT2D eigenvalue weighted by atomic mass is 9.93. The number of Topliss-reactive ketones (excluding diaryl/α,β-unsaturated/α-hetero) is 1. The Morgan fingerprint density at radius 1 is 1.38 bits per heavy atom. The highest BCUT2D eigenvalue weighted by Gasteiger charge is 2.30. The fraction of sp³-hybridized carbons (Fsp3) is 0.333. The number of hydrogen-bond acceptors (Lipinski definition) is 4. The molecule has 16 heavy (non-hydrogen) atoms. The van der Waals surface area contributed by atoms with Crippen molar-refractivity contribution in [3.8, 4) is 5.75 Å². The lowest BCUT2D eigenvalue weighted by Gasteiger charge is -2.23. The Kier molecular flexibility index (Phi) is 2.90. The molecule has 2 rings (SSSR count). The molecule has 1 aliphatic heterocycles. The largest absolute Gasteiger partial charge is 0.493 e. The second-order valence-corrected chi connectivity index (χ2v) is 3.68. The van der Waals surface area contributed by atoms with Crippen LogP contribution in [0, 0.1) is 5.92 Å². The van der Waals surface area contributed by atoms with Gasteiger partial charge in [0.2, 0.25) is 5.78 Å². The summed E-state index contributed by atoms with van der Waals surface area (Å²) in [6.07, 6.45) is 0.532. The first kappa shape index (κ1) is 10.7. The van der Waals surface area contributed by atoms with Gasteiger partial charge < -0.3 is 9.47 Å². The average molecular weight is 220 g/mol. The van der Waals surface area contributed by atoms with Gasteiger partial charge in [-0.15, -0.1) is 0 Å². The average Bonchev–Trinajstić information content (AvgIpc) is 2.36. The first-order chi connectivity index (χ1) is 7.72. The van der Waals surface area contributed by atoms with E-state index in [1.807, 2.05) is 24.3 Å². The van der Waals surface area contributed by atoms with Gasteiger partial charge in [0.15, 0.2) is 0 Å². The minimum atomic E-state index is -0.798. The molecular weight excluding hydrogens is 208 g/mol. The van der Waals surface area contributed by atoms with E-state index in [4.69, 9.17) is 4.74 Å². The van der Waals surface area contributed by atoms with Crippen LogP contribution in [0.4, 0.5) is 0 Å². The van der Waals surface area contributed by atoms with Crippen molar-refractivity contribution < 1.29 is 19.1 Å². The van der Waals surface area contributed by atoms with Crippen molar-refractivity contribution >= 4 is 11.8 Å². The molecule has 4 heteroatoms. The van der Waals surface area contributed by atoms with Crippen LogP contribution in [0.5, 0.6) is 5.75 Å². The van der Waals surface area contributed by atoms with E-state index in [-0.39, 0.29) is 6.61 Å². The second-order valence-electron chi connectivity index (χ2n) is 3.68. The van der Waals surface area contributed by atoms with Crippen molar-refractivity contribution in [3.63, 3.8) is 0 Å². The van der Waals surface area contributed by atoms with E-state index < -0.39 is 17.7 Å². The van der Waals surface area contributed by atoms with Crippen LogP contribution >= 0.6 is 0 Å². The maximum Gasteiger partial charge on any atom is 0.374 e. The van der Waals surface area contributed by atoms with Gasteiger partial charge in [-0.25, -0.2) is 4.79 Å². The first-order valence-corrected chi connectivity index (χ1v) is 5.05. The summed E-state index contributed by atoms with van der Waals surface area (Å²) in [7, 11) is 1.21. The number of ketones is 1. The van der Waals surface area contributed by atoms with Gasteiger partial charge in [0.25, 0.3) is 0 Å². The summed E-state index contributed by atoms with van der Waals surface area (Å²) < 4.78 is 9.83. The molecule has 0 saturated carbocycles. The fourth-order valence-electron chi connectivity index (χ4n) is 1.76. The summed E-state index contributed by atoms with van der Waals surface area (Å²) in [6.45, 7) is 0.241. The lowest BCUT2D eigenvalue weighted by molar-refractivity contribution is -0.154. The van der Waals surface area contributed by atoms with Crippen LogP contribution < -0.4 is 4.74 Å². The number of carbonyl (C=O) groups is 2. The molecule has 0 fully saturated rings. The summed E-state index contributed by atoms with van der Waals surface area (Å²) in [6, 6.07) is 7.51. The number of hydrogen-bond donors (Lipinski definition) is 0. The van der Waals surface area contributed by atoms with Crippen LogP contribution in [-0.2, 0) is 20.7 Å². The molecular formula is C12H12O4. The van der Waals surface area contributed by atoms with Crippen molar-refractivity contribution in [2.45, 2.75) is 6.42 Å². The van der Waals surface area contributed by atoms with Crippen molar-refractivity contribution in [3.05, 3.63) is 29.8 Å². The maximum atomic E-state index is 11.6. The standard InChI is InChI=1S/C12H12O4/c1-15-12(14)11(13)9-6-8-4-2-3-5-10(8)16-7-9/h2-5,9H,6-7H2,1H3. The van der Waals surface area contributed by atoms with Crippen molar-refractivity contribution in [2.24, 2.45) is 5.92 Å². The van der Waals surface area contributed by atoms with Crippen LogP contribution in [0.2, 0.25) is 0 Å². The molecule has 0 aliphatic carbocycles. The summed E-state index contributed by atoms with van der Waals surface area (Å²) in [4.78, 5) is 22.7. The highest BCUT2D eigenvalue weighted by molar-refractivity contribution is 6.34. The van der Waals surface area contributed by atoms with E-state index in [2.05, 4.69) is 4.74 Å². The summed E-state index contributed by atoms with van der Waals surface area (Å²) in [5.74, 6) is -0.955. The van der Waals surface area contributed by atoms with Gasteiger partial charge in [-0.2, -0.15) is 0 Å². The Morgan fingerprint density at radius 2 is 2.12 bits per heavy atom.